The van der Waals surface area contributed by atoms with Gasteiger partial charge in [0.1, 0.15) is 11.9 Å². The quantitative estimate of drug-likeness (QED) is 0.389. The Morgan fingerprint density at radius 1 is 1.07 bits per heavy atom. The molecule has 0 bridgehead atoms. The Balaban J connectivity index is 1.33. The largest absolute Gasteiger partial charge is 0.488 e. The van der Waals surface area contributed by atoms with Gasteiger partial charge in [-0.15, -0.1) is 0 Å². The molecular weight excluding hydrogens is 514 g/mol. The molecule has 2 amide bonds. The molecule has 0 unspecified atom stereocenters. The number of nitrogens with one attached hydrogen (secondary N) is 1. The predicted molar refractivity (Wildman–Crippen MR) is 162 cm³/mol. The van der Waals surface area contributed by atoms with Gasteiger partial charge in [-0.2, -0.15) is 0 Å². The van der Waals surface area contributed by atoms with Crippen LogP contribution in [-0.4, -0.2) is 65.6 Å². The van der Waals surface area contributed by atoms with Crippen LogP contribution in [0.5, 0.6) is 5.75 Å². The van der Waals surface area contributed by atoms with E-state index in [4.69, 9.17) is 4.74 Å². The van der Waals surface area contributed by atoms with E-state index in [9.17, 15) is 14.7 Å². The van der Waals surface area contributed by atoms with Gasteiger partial charge in [-0.25, -0.2) is 0 Å². The molecule has 1 aliphatic heterocycles. The first-order valence-corrected chi connectivity index (χ1v) is 14.6. The third-order valence-electron chi connectivity index (χ3n) is 8.14. The topological polar surface area (TPSA) is 82.1 Å². The van der Waals surface area contributed by atoms with Gasteiger partial charge in [-0.1, -0.05) is 61.5 Å². The van der Waals surface area contributed by atoms with Gasteiger partial charge in [0.15, 0.2) is 0 Å². The first-order chi connectivity index (χ1) is 19.8. The second kappa shape index (κ2) is 12.9. The molecule has 5 rings (SSSR count). The fraction of sp³-hybridized carbons (Fsp3) is 0.412. The minimum Gasteiger partial charge on any atom is -0.488 e. The van der Waals surface area contributed by atoms with Crippen molar-refractivity contribution in [2.45, 2.75) is 51.8 Å². The van der Waals surface area contributed by atoms with Crippen LogP contribution in [0.1, 0.15) is 37.8 Å². The van der Waals surface area contributed by atoms with E-state index < -0.39 is 0 Å². The number of carbonyl (C=O) groups is 2. The van der Waals surface area contributed by atoms with Crippen LogP contribution in [0, 0.1) is 11.8 Å². The van der Waals surface area contributed by atoms with Gasteiger partial charge in [-0.3, -0.25) is 14.5 Å². The highest BCUT2D eigenvalue weighted by molar-refractivity contribution is 5.94. The molecule has 2 N–H and O–H groups in total. The molecule has 41 heavy (non-hydrogen) atoms. The lowest BCUT2D eigenvalue weighted by atomic mass is 10.0. The van der Waals surface area contributed by atoms with Crippen molar-refractivity contribution in [1.82, 2.24) is 9.80 Å². The summed E-state index contributed by atoms with van der Waals surface area (Å²) in [6.07, 6.45) is 1.82. The SMILES string of the molecule is C[C@@H]1CN([C@H](C)CO)C(=O)Cc2cc(NC(=O)C3CC3)ccc2O[C@H]1CN(C)Cc1ccc(-c2ccccc2)cc1. The zero-order chi connectivity index (χ0) is 28.9. The fourth-order valence-electron chi connectivity index (χ4n) is 5.43. The molecule has 1 aliphatic carbocycles. The van der Waals surface area contributed by atoms with Crippen LogP contribution in [0.2, 0.25) is 0 Å². The Kier molecular flexibility index (Phi) is 9.06. The number of fused-ring (bicyclic) bond motifs is 1. The van der Waals surface area contributed by atoms with E-state index in [1.54, 1.807) is 4.90 Å². The average molecular weight is 556 g/mol. The Hall–Kier alpha value is -3.68. The maximum absolute atomic E-state index is 13.4. The summed E-state index contributed by atoms with van der Waals surface area (Å²) in [5.41, 5.74) is 5.03. The van der Waals surface area contributed by atoms with Gasteiger partial charge in [0, 0.05) is 42.7 Å². The number of benzene rings is 3. The molecule has 1 fully saturated rings. The number of aliphatic hydroxyl groups is 1. The third-order valence-corrected chi connectivity index (χ3v) is 8.14. The molecule has 0 aromatic heterocycles. The highest BCUT2D eigenvalue weighted by atomic mass is 16.5. The molecule has 216 valence electrons. The van der Waals surface area contributed by atoms with Gasteiger partial charge in [0.05, 0.1) is 19.1 Å². The van der Waals surface area contributed by atoms with Gasteiger partial charge < -0.3 is 20.1 Å². The minimum absolute atomic E-state index is 0.0241. The summed E-state index contributed by atoms with van der Waals surface area (Å²) in [5.74, 6) is 0.756. The number of hydrogen-bond acceptors (Lipinski definition) is 5. The van der Waals surface area contributed by atoms with Crippen LogP contribution in [0.25, 0.3) is 11.1 Å². The lowest BCUT2D eigenvalue weighted by molar-refractivity contribution is -0.134. The van der Waals surface area contributed by atoms with Crippen LogP contribution < -0.4 is 10.1 Å². The van der Waals surface area contributed by atoms with Crippen molar-refractivity contribution >= 4 is 17.5 Å². The molecular formula is C34H41N3O4. The standard InChI is InChI=1S/C34H41N3O4/c1-23-19-37(24(2)22-38)33(39)18-29-17-30(35-34(40)28-13-14-28)15-16-31(29)41-32(23)21-36(3)20-25-9-11-27(12-10-25)26-7-5-4-6-8-26/h4-12,15-17,23-24,28,32,38H,13-14,18-22H2,1-3H3,(H,35,40)/t23-,24-,32+/m1/s1. The minimum atomic E-state index is -0.300. The summed E-state index contributed by atoms with van der Waals surface area (Å²) in [4.78, 5) is 29.8. The summed E-state index contributed by atoms with van der Waals surface area (Å²) in [7, 11) is 2.09. The Morgan fingerprint density at radius 3 is 2.46 bits per heavy atom. The lowest BCUT2D eigenvalue weighted by Crippen LogP contribution is -2.47. The zero-order valence-corrected chi connectivity index (χ0v) is 24.3. The smallest absolute Gasteiger partial charge is 0.227 e. The number of ether oxygens (including phenoxy) is 1. The Morgan fingerprint density at radius 2 is 1.78 bits per heavy atom. The average Bonchev–Trinajstić information content (AvgIpc) is 3.82. The molecule has 3 aromatic carbocycles. The van der Waals surface area contributed by atoms with Crippen molar-refractivity contribution in [2.24, 2.45) is 11.8 Å². The molecule has 1 saturated carbocycles. The van der Waals surface area contributed by atoms with Gasteiger partial charge >= 0.3 is 0 Å². The van der Waals surface area contributed by atoms with Gasteiger partial charge in [-0.05, 0) is 61.7 Å². The van der Waals surface area contributed by atoms with Crippen molar-refractivity contribution in [2.75, 3.05) is 32.1 Å². The summed E-state index contributed by atoms with van der Waals surface area (Å²) < 4.78 is 6.65. The molecule has 0 radical (unpaired) electrons. The van der Waals surface area contributed by atoms with E-state index in [0.29, 0.717) is 24.5 Å². The molecule has 0 spiro atoms. The van der Waals surface area contributed by atoms with E-state index in [1.165, 1.54) is 16.7 Å². The number of nitrogens with zero attached hydrogens (tertiary/aromatic N) is 2. The summed E-state index contributed by atoms with van der Waals surface area (Å²) in [6, 6.07) is 24.3. The van der Waals surface area contributed by atoms with Crippen LogP contribution in [0.4, 0.5) is 5.69 Å². The first-order valence-electron chi connectivity index (χ1n) is 14.6. The number of likely N-dealkylation sites (N-methyl/N-ethyl adjacent to an activating group) is 1. The van der Waals surface area contributed by atoms with E-state index in [-0.39, 0.29) is 48.8 Å². The summed E-state index contributed by atoms with van der Waals surface area (Å²) >= 11 is 0. The molecule has 7 heteroatoms. The summed E-state index contributed by atoms with van der Waals surface area (Å²) in [5, 5.41) is 12.9. The molecule has 0 saturated heterocycles. The van der Waals surface area contributed by atoms with Crippen molar-refractivity contribution in [3.05, 3.63) is 83.9 Å². The monoisotopic (exact) mass is 555 g/mol. The van der Waals surface area contributed by atoms with E-state index >= 15 is 0 Å². The van der Waals surface area contributed by atoms with E-state index in [1.807, 2.05) is 31.2 Å². The number of hydrogen-bond donors (Lipinski definition) is 2. The maximum Gasteiger partial charge on any atom is 0.227 e. The number of aliphatic hydroxyl groups excluding tert-OH is 1. The highest BCUT2D eigenvalue weighted by Gasteiger charge is 2.32. The first kappa shape index (κ1) is 28.8. The number of carbonyl (C=O) groups excluding carboxylic acids is 2. The second-order valence-corrected chi connectivity index (χ2v) is 11.7. The van der Waals surface area contributed by atoms with Crippen molar-refractivity contribution in [3.8, 4) is 16.9 Å². The number of rotatable bonds is 9. The molecule has 3 atom stereocenters. The number of amides is 2. The van der Waals surface area contributed by atoms with E-state index in [0.717, 1.165) is 24.9 Å². The van der Waals surface area contributed by atoms with Gasteiger partial charge in [0.2, 0.25) is 11.8 Å². The summed E-state index contributed by atoms with van der Waals surface area (Å²) in [6.45, 7) is 5.79. The molecule has 7 nitrogen and oxygen atoms in total. The predicted octanol–water partition coefficient (Wildman–Crippen LogP) is 4.98. The van der Waals surface area contributed by atoms with Gasteiger partial charge in [0.25, 0.3) is 0 Å². The Labute approximate surface area is 243 Å². The van der Waals surface area contributed by atoms with E-state index in [2.05, 4.69) is 72.7 Å². The molecule has 1 heterocycles. The fourth-order valence-corrected chi connectivity index (χ4v) is 5.43. The number of anilines is 1. The lowest BCUT2D eigenvalue weighted by Gasteiger charge is -2.34. The maximum atomic E-state index is 13.4. The van der Waals surface area contributed by atoms with Crippen LogP contribution in [0.15, 0.2) is 72.8 Å². The second-order valence-electron chi connectivity index (χ2n) is 11.7. The van der Waals surface area contributed by atoms with Crippen LogP contribution in [-0.2, 0) is 22.6 Å². The molecule has 3 aromatic rings. The zero-order valence-electron chi connectivity index (χ0n) is 24.3. The van der Waals surface area contributed by atoms with Crippen molar-refractivity contribution in [1.29, 1.82) is 0 Å². The Bertz CT molecular complexity index is 1340. The normalized spacial score (nSPS) is 19.9. The molecule has 2 aliphatic rings. The third kappa shape index (κ3) is 7.34. The van der Waals surface area contributed by atoms with Crippen LogP contribution >= 0.6 is 0 Å². The van der Waals surface area contributed by atoms with Crippen LogP contribution in [0.3, 0.4) is 0 Å². The van der Waals surface area contributed by atoms with Crippen molar-refractivity contribution < 1.29 is 19.4 Å². The highest BCUT2D eigenvalue weighted by Crippen LogP contribution is 2.32. The van der Waals surface area contributed by atoms with Crippen molar-refractivity contribution in [3.63, 3.8) is 0 Å².